The first-order valence-corrected chi connectivity index (χ1v) is 8.50. The molecule has 2 aromatic carbocycles. The normalized spacial score (nSPS) is 12.4. The molecule has 0 saturated heterocycles. The second kappa shape index (κ2) is 7.60. The monoisotopic (exact) mass is 415 g/mol. The molecule has 0 aliphatic rings. The molecule has 0 spiro atoms. The van der Waals surface area contributed by atoms with E-state index < -0.39 is 0 Å². The molecule has 1 N–H and O–H groups in total. The fourth-order valence-corrected chi connectivity index (χ4v) is 3.35. The Morgan fingerprint density at radius 3 is 2.55 bits per heavy atom. The van der Waals surface area contributed by atoms with Crippen molar-refractivity contribution < 1.29 is 0 Å². The highest BCUT2D eigenvalue weighted by molar-refractivity contribution is 9.10. The summed E-state index contributed by atoms with van der Waals surface area (Å²) in [5.41, 5.74) is 2.47. The number of rotatable bonds is 5. The number of likely N-dealkylation sites (N-methyl/N-ethyl adjacent to an activating group) is 1. The summed E-state index contributed by atoms with van der Waals surface area (Å²) in [7, 11) is 0. The zero-order chi connectivity index (χ0) is 14.5. The van der Waals surface area contributed by atoms with E-state index in [1.165, 1.54) is 11.1 Å². The molecule has 4 heteroatoms. The number of hydrogen-bond acceptors (Lipinski definition) is 1. The quantitative estimate of drug-likeness (QED) is 0.652. The van der Waals surface area contributed by atoms with Crippen molar-refractivity contribution in [1.82, 2.24) is 5.32 Å². The van der Waals surface area contributed by atoms with Gasteiger partial charge in [-0.25, -0.2) is 0 Å². The zero-order valence-corrected chi connectivity index (χ0v) is 15.1. The minimum atomic E-state index is 0.228. The third kappa shape index (κ3) is 4.08. The molecule has 0 aromatic heterocycles. The summed E-state index contributed by atoms with van der Waals surface area (Å²) >= 11 is 13.4. The second-order valence-corrected chi connectivity index (χ2v) is 6.72. The molecular weight excluding hydrogens is 401 g/mol. The molecule has 0 heterocycles. The van der Waals surface area contributed by atoms with Crippen molar-refractivity contribution in [2.24, 2.45) is 0 Å². The Bertz CT molecular complexity index is 586. The van der Waals surface area contributed by atoms with Crippen molar-refractivity contribution in [2.45, 2.75) is 19.4 Å². The lowest BCUT2D eigenvalue weighted by Gasteiger charge is -2.21. The average Bonchev–Trinajstić information content (AvgIpc) is 2.43. The molecule has 1 nitrogen and oxygen atoms in total. The molecular formula is C16H16Br2ClN. The second-order valence-electron chi connectivity index (χ2n) is 4.57. The summed E-state index contributed by atoms with van der Waals surface area (Å²) in [5, 5.41) is 4.30. The van der Waals surface area contributed by atoms with Gasteiger partial charge in [-0.3, -0.25) is 0 Å². The van der Waals surface area contributed by atoms with Crippen LogP contribution in [0.5, 0.6) is 0 Å². The van der Waals surface area contributed by atoms with Crippen LogP contribution in [-0.4, -0.2) is 6.54 Å². The van der Waals surface area contributed by atoms with Gasteiger partial charge >= 0.3 is 0 Å². The maximum atomic E-state index is 6.14. The van der Waals surface area contributed by atoms with Gasteiger partial charge in [0, 0.05) is 20.0 Å². The van der Waals surface area contributed by atoms with Gasteiger partial charge in [-0.1, -0.05) is 68.6 Å². The molecule has 0 saturated carbocycles. The van der Waals surface area contributed by atoms with Crippen molar-refractivity contribution in [3.63, 3.8) is 0 Å². The molecule has 1 unspecified atom stereocenters. The summed E-state index contributed by atoms with van der Waals surface area (Å²) in [5.74, 6) is 0. The fraction of sp³-hybridized carbons (Fsp3) is 0.250. The van der Waals surface area contributed by atoms with Gasteiger partial charge in [0.2, 0.25) is 0 Å². The van der Waals surface area contributed by atoms with Crippen LogP contribution in [0.1, 0.15) is 24.1 Å². The van der Waals surface area contributed by atoms with Crippen LogP contribution in [0.3, 0.4) is 0 Å². The highest BCUT2D eigenvalue weighted by Crippen LogP contribution is 2.30. The van der Waals surface area contributed by atoms with Gasteiger partial charge in [-0.05, 0) is 48.4 Å². The average molecular weight is 418 g/mol. The number of hydrogen-bond donors (Lipinski definition) is 1. The number of halogens is 3. The third-order valence-corrected chi connectivity index (χ3v) is 4.90. The van der Waals surface area contributed by atoms with Crippen LogP contribution in [0.25, 0.3) is 0 Å². The fourth-order valence-electron chi connectivity index (χ4n) is 2.20. The Morgan fingerprint density at radius 1 is 1.10 bits per heavy atom. The van der Waals surface area contributed by atoms with E-state index >= 15 is 0 Å². The third-order valence-electron chi connectivity index (χ3n) is 3.17. The van der Waals surface area contributed by atoms with E-state index in [1.807, 2.05) is 24.3 Å². The van der Waals surface area contributed by atoms with Crippen LogP contribution < -0.4 is 5.32 Å². The van der Waals surface area contributed by atoms with Gasteiger partial charge in [-0.2, -0.15) is 0 Å². The first kappa shape index (κ1) is 16.0. The Kier molecular flexibility index (Phi) is 6.09. The SMILES string of the molecule is CCNC(Cc1ccccc1Br)c1cc(Cl)ccc1Br. The van der Waals surface area contributed by atoms with Crippen molar-refractivity contribution in [3.8, 4) is 0 Å². The molecule has 0 aliphatic heterocycles. The molecule has 0 aliphatic carbocycles. The van der Waals surface area contributed by atoms with E-state index in [-0.39, 0.29) is 6.04 Å². The molecule has 20 heavy (non-hydrogen) atoms. The summed E-state index contributed by atoms with van der Waals surface area (Å²) in [6.07, 6.45) is 0.911. The first-order chi connectivity index (χ1) is 9.61. The van der Waals surface area contributed by atoms with Crippen molar-refractivity contribution in [2.75, 3.05) is 6.54 Å². The van der Waals surface area contributed by atoms with E-state index in [0.29, 0.717) is 0 Å². The standard InChI is InChI=1S/C16H16Br2ClN/c1-2-20-16(9-11-5-3-4-6-14(11)17)13-10-12(19)7-8-15(13)18/h3-8,10,16,20H,2,9H2,1H3. The highest BCUT2D eigenvalue weighted by atomic mass is 79.9. The van der Waals surface area contributed by atoms with E-state index in [1.54, 1.807) is 0 Å². The van der Waals surface area contributed by atoms with Crippen LogP contribution >= 0.6 is 43.5 Å². The summed E-state index contributed by atoms with van der Waals surface area (Å²) < 4.78 is 2.22. The lowest BCUT2D eigenvalue weighted by atomic mass is 9.99. The van der Waals surface area contributed by atoms with E-state index in [2.05, 4.69) is 62.3 Å². The Balaban J connectivity index is 2.32. The van der Waals surface area contributed by atoms with Crippen LogP contribution in [0.2, 0.25) is 5.02 Å². The van der Waals surface area contributed by atoms with Crippen LogP contribution in [0.15, 0.2) is 51.4 Å². The molecule has 0 bridgehead atoms. The zero-order valence-electron chi connectivity index (χ0n) is 11.2. The molecule has 106 valence electrons. The minimum absolute atomic E-state index is 0.228. The topological polar surface area (TPSA) is 12.0 Å². The summed E-state index contributed by atoms with van der Waals surface area (Å²) in [6, 6.07) is 14.5. The van der Waals surface area contributed by atoms with Crippen LogP contribution in [0.4, 0.5) is 0 Å². The Labute approximate surface area is 142 Å². The minimum Gasteiger partial charge on any atom is -0.310 e. The lowest BCUT2D eigenvalue weighted by Crippen LogP contribution is -2.23. The first-order valence-electron chi connectivity index (χ1n) is 6.53. The molecule has 0 fully saturated rings. The van der Waals surface area contributed by atoms with Gasteiger partial charge in [-0.15, -0.1) is 0 Å². The smallest absolute Gasteiger partial charge is 0.0410 e. The molecule has 2 rings (SSSR count). The van der Waals surface area contributed by atoms with Crippen molar-refractivity contribution >= 4 is 43.5 Å². The van der Waals surface area contributed by atoms with Crippen molar-refractivity contribution in [1.29, 1.82) is 0 Å². The van der Waals surface area contributed by atoms with Gasteiger partial charge in [0.05, 0.1) is 0 Å². The van der Waals surface area contributed by atoms with E-state index in [0.717, 1.165) is 26.9 Å². The summed E-state index contributed by atoms with van der Waals surface area (Å²) in [6.45, 7) is 3.03. The molecule has 2 aromatic rings. The van der Waals surface area contributed by atoms with Crippen LogP contribution in [-0.2, 0) is 6.42 Å². The lowest BCUT2D eigenvalue weighted by molar-refractivity contribution is 0.547. The Morgan fingerprint density at radius 2 is 1.85 bits per heavy atom. The molecule has 0 amide bonds. The number of benzene rings is 2. The van der Waals surface area contributed by atoms with E-state index in [9.17, 15) is 0 Å². The highest BCUT2D eigenvalue weighted by Gasteiger charge is 2.16. The predicted octanol–water partition coefficient (Wildman–Crippen LogP) is 5.76. The largest absolute Gasteiger partial charge is 0.310 e. The maximum Gasteiger partial charge on any atom is 0.0410 e. The molecule has 1 atom stereocenters. The van der Waals surface area contributed by atoms with Gasteiger partial charge in [0.1, 0.15) is 0 Å². The van der Waals surface area contributed by atoms with Gasteiger partial charge in [0.15, 0.2) is 0 Å². The van der Waals surface area contributed by atoms with Crippen LogP contribution in [0, 0.1) is 0 Å². The Hall–Kier alpha value is -0.350. The van der Waals surface area contributed by atoms with Crippen molar-refractivity contribution in [3.05, 3.63) is 67.6 Å². The summed E-state index contributed by atoms with van der Waals surface area (Å²) in [4.78, 5) is 0. The number of nitrogens with one attached hydrogen (secondary N) is 1. The maximum absolute atomic E-state index is 6.14. The van der Waals surface area contributed by atoms with E-state index in [4.69, 9.17) is 11.6 Å². The predicted molar refractivity (Wildman–Crippen MR) is 93.4 cm³/mol. The van der Waals surface area contributed by atoms with Gasteiger partial charge < -0.3 is 5.32 Å². The van der Waals surface area contributed by atoms with Gasteiger partial charge in [0.25, 0.3) is 0 Å². The molecule has 0 radical (unpaired) electrons.